The largest absolute Gasteiger partial charge is 0.507 e. The van der Waals surface area contributed by atoms with Crippen molar-refractivity contribution in [2.75, 3.05) is 46.5 Å². The summed E-state index contributed by atoms with van der Waals surface area (Å²) in [6, 6.07) is 6.54. The van der Waals surface area contributed by atoms with Crippen LogP contribution in [0.5, 0.6) is 5.75 Å². The standard InChI is InChI=1S/C24H26FN3O5/c1-32-19-6-5-16(14-18(19)25)22(29)20-21(17-4-2-7-26-15-17)28(24(31)23(20)30)9-3-8-27-10-12-33-13-11-27/h2,4-7,14-15,21,29H,3,8-13H2,1H3/b22-20+. The number of morpholine rings is 1. The van der Waals surface area contributed by atoms with Gasteiger partial charge in [0.15, 0.2) is 11.6 Å². The normalized spacial score (nSPS) is 20.9. The fourth-order valence-electron chi connectivity index (χ4n) is 4.25. The molecule has 4 rings (SSSR count). The van der Waals surface area contributed by atoms with E-state index in [0.717, 1.165) is 25.7 Å². The van der Waals surface area contributed by atoms with Gasteiger partial charge in [0.05, 0.1) is 31.9 Å². The van der Waals surface area contributed by atoms with E-state index in [-0.39, 0.29) is 16.9 Å². The van der Waals surface area contributed by atoms with Crippen LogP contribution >= 0.6 is 0 Å². The highest BCUT2D eigenvalue weighted by atomic mass is 19.1. The monoisotopic (exact) mass is 455 g/mol. The molecule has 1 aromatic heterocycles. The Bertz CT molecular complexity index is 1050. The number of nitrogens with zero attached hydrogens (tertiary/aromatic N) is 3. The van der Waals surface area contributed by atoms with Gasteiger partial charge in [-0.05, 0) is 36.2 Å². The average Bonchev–Trinajstić information content (AvgIpc) is 3.10. The van der Waals surface area contributed by atoms with Crippen LogP contribution in [0.15, 0.2) is 48.3 Å². The number of pyridine rings is 1. The number of hydrogen-bond acceptors (Lipinski definition) is 7. The van der Waals surface area contributed by atoms with E-state index in [4.69, 9.17) is 9.47 Å². The molecule has 1 atom stereocenters. The minimum atomic E-state index is -0.812. The number of aliphatic hydroxyl groups is 1. The number of amides is 1. The number of rotatable bonds is 7. The molecule has 1 N–H and O–H groups in total. The molecule has 0 spiro atoms. The third-order valence-electron chi connectivity index (χ3n) is 5.94. The summed E-state index contributed by atoms with van der Waals surface area (Å²) in [6.45, 7) is 4.10. The zero-order valence-corrected chi connectivity index (χ0v) is 18.4. The number of likely N-dealkylation sites (tertiary alicyclic amines) is 1. The van der Waals surface area contributed by atoms with Crippen molar-refractivity contribution in [3.63, 3.8) is 0 Å². The van der Waals surface area contributed by atoms with E-state index in [1.54, 1.807) is 24.5 Å². The average molecular weight is 455 g/mol. The lowest BCUT2D eigenvalue weighted by molar-refractivity contribution is -0.140. The van der Waals surface area contributed by atoms with Gasteiger partial charge in [-0.1, -0.05) is 6.07 Å². The summed E-state index contributed by atoms with van der Waals surface area (Å²) in [5.74, 6) is -2.59. The molecule has 0 saturated carbocycles. The molecule has 174 valence electrons. The Labute approximate surface area is 191 Å². The first-order chi connectivity index (χ1) is 16.0. The van der Waals surface area contributed by atoms with Crippen molar-refractivity contribution in [3.8, 4) is 5.75 Å². The second-order valence-corrected chi connectivity index (χ2v) is 7.94. The van der Waals surface area contributed by atoms with Gasteiger partial charge < -0.3 is 19.5 Å². The van der Waals surface area contributed by atoms with Gasteiger partial charge >= 0.3 is 0 Å². The summed E-state index contributed by atoms with van der Waals surface area (Å²) in [6.07, 6.45) is 3.81. The topological polar surface area (TPSA) is 92.2 Å². The number of benzene rings is 1. The van der Waals surface area contributed by atoms with Crippen LogP contribution in [0.2, 0.25) is 0 Å². The summed E-state index contributed by atoms with van der Waals surface area (Å²) < 4.78 is 24.6. The van der Waals surface area contributed by atoms with Crippen molar-refractivity contribution < 1.29 is 28.6 Å². The van der Waals surface area contributed by atoms with Gasteiger partial charge in [0.2, 0.25) is 0 Å². The molecule has 33 heavy (non-hydrogen) atoms. The van der Waals surface area contributed by atoms with E-state index < -0.39 is 29.3 Å². The molecule has 2 aromatic rings. The second kappa shape index (κ2) is 10.1. The van der Waals surface area contributed by atoms with E-state index in [0.29, 0.717) is 31.7 Å². The molecular formula is C24H26FN3O5. The Hall–Kier alpha value is -3.30. The lowest BCUT2D eigenvalue weighted by atomic mass is 9.96. The number of halogens is 1. The molecular weight excluding hydrogens is 429 g/mol. The van der Waals surface area contributed by atoms with Crippen LogP contribution in [-0.2, 0) is 14.3 Å². The summed E-state index contributed by atoms with van der Waals surface area (Å²) in [5.41, 5.74) is 0.607. The van der Waals surface area contributed by atoms with Crippen molar-refractivity contribution in [2.45, 2.75) is 12.5 Å². The number of carbonyl (C=O) groups excluding carboxylic acids is 2. The first-order valence-electron chi connectivity index (χ1n) is 10.8. The van der Waals surface area contributed by atoms with Crippen LogP contribution in [0.3, 0.4) is 0 Å². The number of carbonyl (C=O) groups is 2. The van der Waals surface area contributed by atoms with E-state index in [1.165, 1.54) is 24.1 Å². The molecule has 2 aliphatic rings. The van der Waals surface area contributed by atoms with Gasteiger partial charge in [0.25, 0.3) is 11.7 Å². The lowest BCUT2D eigenvalue weighted by Gasteiger charge is -2.29. The van der Waals surface area contributed by atoms with Crippen LogP contribution in [-0.4, -0.2) is 78.1 Å². The fourth-order valence-corrected chi connectivity index (χ4v) is 4.25. The van der Waals surface area contributed by atoms with Crippen LogP contribution in [0.25, 0.3) is 5.76 Å². The summed E-state index contributed by atoms with van der Waals surface area (Å²) in [7, 11) is 1.34. The predicted octanol–water partition coefficient (Wildman–Crippen LogP) is 2.37. The number of ether oxygens (including phenoxy) is 2. The Morgan fingerprint density at radius 1 is 1.24 bits per heavy atom. The van der Waals surface area contributed by atoms with Crippen molar-refractivity contribution in [3.05, 3.63) is 65.2 Å². The number of aliphatic hydroxyl groups excluding tert-OH is 1. The highest BCUT2D eigenvalue weighted by Crippen LogP contribution is 2.39. The molecule has 3 heterocycles. The SMILES string of the molecule is COc1ccc(/C(O)=C2\C(=O)C(=O)N(CCCN3CCOCC3)C2c2cccnc2)cc1F. The molecule has 9 heteroatoms. The van der Waals surface area contributed by atoms with E-state index in [1.807, 2.05) is 0 Å². The molecule has 2 fully saturated rings. The van der Waals surface area contributed by atoms with Gasteiger partial charge in [-0.3, -0.25) is 19.5 Å². The quantitative estimate of drug-likeness (QED) is 0.389. The number of Topliss-reactive ketones (excluding diaryl/α,β-unsaturated/α-hetero) is 1. The number of aromatic nitrogens is 1. The molecule has 1 aromatic carbocycles. The van der Waals surface area contributed by atoms with Crippen molar-refractivity contribution in [2.24, 2.45) is 0 Å². The summed E-state index contributed by atoms with van der Waals surface area (Å²) in [4.78, 5) is 33.8. The van der Waals surface area contributed by atoms with Crippen molar-refractivity contribution >= 4 is 17.4 Å². The minimum absolute atomic E-state index is 0.0129. The van der Waals surface area contributed by atoms with Gasteiger partial charge in [-0.15, -0.1) is 0 Å². The zero-order valence-electron chi connectivity index (χ0n) is 18.4. The molecule has 0 aliphatic carbocycles. The van der Waals surface area contributed by atoms with E-state index >= 15 is 0 Å². The van der Waals surface area contributed by atoms with E-state index in [9.17, 15) is 19.1 Å². The fraction of sp³-hybridized carbons (Fsp3) is 0.375. The number of methoxy groups -OCH3 is 1. The smallest absolute Gasteiger partial charge is 0.295 e. The highest BCUT2D eigenvalue weighted by molar-refractivity contribution is 6.46. The third-order valence-corrected chi connectivity index (χ3v) is 5.94. The van der Waals surface area contributed by atoms with Crippen LogP contribution in [0.4, 0.5) is 4.39 Å². The van der Waals surface area contributed by atoms with Crippen LogP contribution in [0.1, 0.15) is 23.6 Å². The maximum absolute atomic E-state index is 14.3. The molecule has 2 saturated heterocycles. The zero-order chi connectivity index (χ0) is 23.4. The Morgan fingerprint density at radius 3 is 2.70 bits per heavy atom. The molecule has 8 nitrogen and oxygen atoms in total. The Kier molecular flexibility index (Phi) is 7.00. The maximum atomic E-state index is 14.3. The van der Waals surface area contributed by atoms with Gasteiger partial charge in [0, 0.05) is 44.1 Å². The molecule has 2 aliphatic heterocycles. The van der Waals surface area contributed by atoms with Gasteiger partial charge in [-0.25, -0.2) is 4.39 Å². The number of ketones is 1. The van der Waals surface area contributed by atoms with Crippen LogP contribution in [0, 0.1) is 5.82 Å². The molecule has 1 unspecified atom stereocenters. The minimum Gasteiger partial charge on any atom is -0.507 e. The third kappa shape index (κ3) is 4.74. The molecule has 0 radical (unpaired) electrons. The van der Waals surface area contributed by atoms with Crippen molar-refractivity contribution in [1.82, 2.24) is 14.8 Å². The van der Waals surface area contributed by atoms with Gasteiger partial charge in [0.1, 0.15) is 5.76 Å². The Morgan fingerprint density at radius 2 is 2.03 bits per heavy atom. The molecule has 0 bridgehead atoms. The first-order valence-corrected chi connectivity index (χ1v) is 10.8. The Balaban J connectivity index is 1.66. The highest BCUT2D eigenvalue weighted by Gasteiger charge is 2.46. The number of hydrogen-bond donors (Lipinski definition) is 1. The second-order valence-electron chi connectivity index (χ2n) is 7.94. The van der Waals surface area contributed by atoms with Crippen molar-refractivity contribution in [1.29, 1.82) is 0 Å². The first kappa shape index (κ1) is 22.9. The predicted molar refractivity (Wildman–Crippen MR) is 118 cm³/mol. The van der Waals surface area contributed by atoms with Gasteiger partial charge in [-0.2, -0.15) is 0 Å². The summed E-state index contributed by atoms with van der Waals surface area (Å²) >= 11 is 0. The maximum Gasteiger partial charge on any atom is 0.295 e. The van der Waals surface area contributed by atoms with E-state index in [2.05, 4.69) is 9.88 Å². The lowest BCUT2D eigenvalue weighted by Crippen LogP contribution is -2.39. The molecule has 1 amide bonds. The van der Waals surface area contributed by atoms with Crippen LogP contribution < -0.4 is 4.74 Å². The summed E-state index contributed by atoms with van der Waals surface area (Å²) in [5, 5.41) is 11.0.